The van der Waals surface area contributed by atoms with Crippen molar-refractivity contribution < 1.29 is 4.74 Å². The van der Waals surface area contributed by atoms with Crippen LogP contribution in [0.3, 0.4) is 0 Å². The molecule has 100 valence electrons. The largest absolute Gasteiger partial charge is 0.487 e. The molecule has 0 unspecified atom stereocenters. The van der Waals surface area contributed by atoms with Crippen molar-refractivity contribution >= 4 is 5.69 Å². The minimum Gasteiger partial charge on any atom is -0.487 e. The smallest absolute Gasteiger partial charge is 0.130 e. The van der Waals surface area contributed by atoms with Crippen LogP contribution >= 0.6 is 0 Å². The number of aromatic nitrogens is 1. The van der Waals surface area contributed by atoms with E-state index in [2.05, 4.69) is 17.2 Å². The third-order valence-corrected chi connectivity index (χ3v) is 2.86. The van der Waals surface area contributed by atoms with E-state index in [1.165, 1.54) is 0 Å². The summed E-state index contributed by atoms with van der Waals surface area (Å²) in [6.07, 6.45) is 2.92. The lowest BCUT2D eigenvalue weighted by Crippen LogP contribution is -2.03. The zero-order chi connectivity index (χ0) is 13.5. The van der Waals surface area contributed by atoms with Crippen molar-refractivity contribution in [1.82, 2.24) is 4.98 Å². The molecular weight excluding hydrogens is 236 g/mol. The molecule has 2 aromatic rings. The monoisotopic (exact) mass is 256 g/mol. The normalized spacial score (nSPS) is 10.2. The second-order valence-electron chi connectivity index (χ2n) is 4.52. The van der Waals surface area contributed by atoms with Crippen molar-refractivity contribution in [2.45, 2.75) is 26.9 Å². The number of nitrogens with zero attached hydrogens (tertiary/aromatic N) is 1. The first-order chi connectivity index (χ1) is 9.29. The van der Waals surface area contributed by atoms with Crippen molar-refractivity contribution in [3.05, 3.63) is 53.9 Å². The number of aryl methyl sites for hydroxylation is 1. The Morgan fingerprint density at radius 2 is 2.05 bits per heavy atom. The van der Waals surface area contributed by atoms with Crippen molar-refractivity contribution in [2.75, 3.05) is 11.9 Å². The summed E-state index contributed by atoms with van der Waals surface area (Å²) in [6, 6.07) is 12.0. The molecule has 0 bridgehead atoms. The van der Waals surface area contributed by atoms with E-state index in [4.69, 9.17) is 4.74 Å². The van der Waals surface area contributed by atoms with Gasteiger partial charge in [0.25, 0.3) is 0 Å². The van der Waals surface area contributed by atoms with Gasteiger partial charge >= 0.3 is 0 Å². The summed E-state index contributed by atoms with van der Waals surface area (Å²) < 4.78 is 5.79. The van der Waals surface area contributed by atoms with Gasteiger partial charge in [-0.3, -0.25) is 4.98 Å². The van der Waals surface area contributed by atoms with Crippen LogP contribution in [0.5, 0.6) is 5.75 Å². The van der Waals surface area contributed by atoms with E-state index in [1.54, 1.807) is 0 Å². The lowest BCUT2D eigenvalue weighted by atomic mass is 10.2. The SMILES string of the molecule is CCCNc1ccnc(COc2ccccc2C)c1. The van der Waals surface area contributed by atoms with Crippen LogP contribution in [0.2, 0.25) is 0 Å². The number of hydrogen-bond donors (Lipinski definition) is 1. The maximum Gasteiger partial charge on any atom is 0.130 e. The number of hydrogen-bond acceptors (Lipinski definition) is 3. The summed E-state index contributed by atoms with van der Waals surface area (Å²) in [7, 11) is 0. The fourth-order valence-electron chi connectivity index (χ4n) is 1.81. The molecule has 19 heavy (non-hydrogen) atoms. The average molecular weight is 256 g/mol. The highest BCUT2D eigenvalue weighted by Crippen LogP contribution is 2.18. The van der Waals surface area contributed by atoms with E-state index < -0.39 is 0 Å². The molecule has 1 aromatic heterocycles. The average Bonchev–Trinajstić information content (AvgIpc) is 2.45. The number of nitrogens with one attached hydrogen (secondary N) is 1. The number of rotatable bonds is 6. The number of benzene rings is 1. The summed E-state index contributed by atoms with van der Waals surface area (Å²) in [5.41, 5.74) is 3.17. The molecule has 0 aliphatic rings. The highest BCUT2D eigenvalue weighted by Gasteiger charge is 2.01. The van der Waals surface area contributed by atoms with Crippen LogP contribution in [0.4, 0.5) is 5.69 Å². The van der Waals surface area contributed by atoms with Gasteiger partial charge in [0, 0.05) is 18.4 Å². The predicted molar refractivity (Wildman–Crippen MR) is 78.5 cm³/mol. The molecule has 0 fully saturated rings. The van der Waals surface area contributed by atoms with E-state index >= 15 is 0 Å². The number of anilines is 1. The van der Waals surface area contributed by atoms with Crippen LogP contribution < -0.4 is 10.1 Å². The Morgan fingerprint density at radius 1 is 1.21 bits per heavy atom. The first-order valence-corrected chi connectivity index (χ1v) is 6.67. The molecule has 0 aliphatic carbocycles. The standard InChI is InChI=1S/C16H20N2O/c1-3-9-17-14-8-10-18-15(11-14)12-19-16-7-5-4-6-13(16)2/h4-8,10-11H,3,9,12H2,1-2H3,(H,17,18). The Hall–Kier alpha value is -2.03. The summed E-state index contributed by atoms with van der Waals surface area (Å²) in [6.45, 7) is 5.66. The van der Waals surface area contributed by atoms with Gasteiger partial charge in [0.15, 0.2) is 0 Å². The lowest BCUT2D eigenvalue weighted by molar-refractivity contribution is 0.299. The second-order valence-corrected chi connectivity index (χ2v) is 4.52. The lowest BCUT2D eigenvalue weighted by Gasteiger charge is -2.10. The van der Waals surface area contributed by atoms with E-state index in [1.807, 2.05) is 49.5 Å². The molecule has 1 heterocycles. The van der Waals surface area contributed by atoms with Gasteiger partial charge in [0.1, 0.15) is 12.4 Å². The highest BCUT2D eigenvalue weighted by molar-refractivity contribution is 5.43. The summed E-state index contributed by atoms with van der Waals surface area (Å²) in [4.78, 5) is 4.33. The molecule has 0 spiro atoms. The molecule has 1 aromatic carbocycles. The molecule has 3 heteroatoms. The van der Waals surface area contributed by atoms with Crippen molar-refractivity contribution in [3.63, 3.8) is 0 Å². The Labute approximate surface area is 114 Å². The highest BCUT2D eigenvalue weighted by atomic mass is 16.5. The third-order valence-electron chi connectivity index (χ3n) is 2.86. The van der Waals surface area contributed by atoms with Gasteiger partial charge in [-0.15, -0.1) is 0 Å². The van der Waals surface area contributed by atoms with Crippen LogP contribution in [0.15, 0.2) is 42.6 Å². The van der Waals surface area contributed by atoms with E-state index in [0.717, 1.165) is 35.7 Å². The van der Waals surface area contributed by atoms with Crippen molar-refractivity contribution in [3.8, 4) is 5.75 Å². The van der Waals surface area contributed by atoms with Gasteiger partial charge in [-0.25, -0.2) is 0 Å². The van der Waals surface area contributed by atoms with E-state index in [9.17, 15) is 0 Å². The predicted octanol–water partition coefficient (Wildman–Crippen LogP) is 3.79. The molecule has 0 atom stereocenters. The van der Waals surface area contributed by atoms with Gasteiger partial charge in [-0.05, 0) is 37.1 Å². The van der Waals surface area contributed by atoms with E-state index in [0.29, 0.717) is 6.61 Å². The first-order valence-electron chi connectivity index (χ1n) is 6.67. The van der Waals surface area contributed by atoms with Crippen molar-refractivity contribution in [2.24, 2.45) is 0 Å². The van der Waals surface area contributed by atoms with Gasteiger partial charge < -0.3 is 10.1 Å². The maximum absolute atomic E-state index is 5.79. The summed E-state index contributed by atoms with van der Waals surface area (Å²) in [5, 5.41) is 3.35. The topological polar surface area (TPSA) is 34.2 Å². The van der Waals surface area contributed by atoms with Gasteiger partial charge in [-0.2, -0.15) is 0 Å². The maximum atomic E-state index is 5.79. The molecule has 0 aliphatic heterocycles. The fourth-order valence-corrected chi connectivity index (χ4v) is 1.81. The van der Waals surface area contributed by atoms with Crippen LogP contribution in [-0.2, 0) is 6.61 Å². The number of pyridine rings is 1. The fraction of sp³-hybridized carbons (Fsp3) is 0.312. The Morgan fingerprint density at radius 3 is 2.84 bits per heavy atom. The molecule has 3 nitrogen and oxygen atoms in total. The van der Waals surface area contributed by atoms with E-state index in [-0.39, 0.29) is 0 Å². The Bertz CT molecular complexity index is 526. The second kappa shape index (κ2) is 6.78. The third kappa shape index (κ3) is 3.98. The Balaban J connectivity index is 1.98. The molecule has 1 N–H and O–H groups in total. The zero-order valence-electron chi connectivity index (χ0n) is 11.5. The van der Waals surface area contributed by atoms with Crippen LogP contribution in [0, 0.1) is 6.92 Å². The van der Waals surface area contributed by atoms with Crippen molar-refractivity contribution in [1.29, 1.82) is 0 Å². The van der Waals surface area contributed by atoms with Gasteiger partial charge in [0.2, 0.25) is 0 Å². The Kier molecular flexibility index (Phi) is 4.78. The first kappa shape index (κ1) is 13.4. The van der Waals surface area contributed by atoms with Crippen LogP contribution in [0.25, 0.3) is 0 Å². The van der Waals surface area contributed by atoms with Crippen LogP contribution in [0.1, 0.15) is 24.6 Å². The van der Waals surface area contributed by atoms with Crippen LogP contribution in [-0.4, -0.2) is 11.5 Å². The molecule has 0 amide bonds. The molecule has 0 saturated carbocycles. The molecule has 0 saturated heterocycles. The molecule has 2 rings (SSSR count). The number of para-hydroxylation sites is 1. The summed E-state index contributed by atoms with van der Waals surface area (Å²) in [5.74, 6) is 0.913. The quantitative estimate of drug-likeness (QED) is 0.853. The minimum atomic E-state index is 0.493. The summed E-state index contributed by atoms with van der Waals surface area (Å²) >= 11 is 0. The molecule has 0 radical (unpaired) electrons. The molecular formula is C16H20N2O. The number of ether oxygens (including phenoxy) is 1. The zero-order valence-corrected chi connectivity index (χ0v) is 11.5. The van der Waals surface area contributed by atoms with Gasteiger partial charge in [0.05, 0.1) is 5.69 Å². The van der Waals surface area contributed by atoms with Gasteiger partial charge in [-0.1, -0.05) is 25.1 Å². The minimum absolute atomic E-state index is 0.493.